The van der Waals surface area contributed by atoms with Gasteiger partial charge < -0.3 is 14.4 Å². The SMILES string of the molecule is COc1ccccc1OCC(=O)N1CCN(C)C(c2ccc(F)cc2)C1. The van der Waals surface area contributed by atoms with Gasteiger partial charge in [0.05, 0.1) is 13.2 Å². The summed E-state index contributed by atoms with van der Waals surface area (Å²) in [6, 6.07) is 13.7. The van der Waals surface area contributed by atoms with E-state index in [2.05, 4.69) is 4.90 Å². The van der Waals surface area contributed by atoms with Crippen LogP contribution in [0.1, 0.15) is 11.6 Å². The summed E-state index contributed by atoms with van der Waals surface area (Å²) < 4.78 is 24.1. The Kier molecular flexibility index (Phi) is 5.73. The van der Waals surface area contributed by atoms with E-state index < -0.39 is 0 Å². The molecule has 1 heterocycles. The lowest BCUT2D eigenvalue weighted by molar-refractivity contribution is -0.136. The number of benzene rings is 2. The van der Waals surface area contributed by atoms with Gasteiger partial charge in [0.2, 0.25) is 0 Å². The summed E-state index contributed by atoms with van der Waals surface area (Å²) in [6.07, 6.45) is 0. The second-order valence-electron chi connectivity index (χ2n) is 6.33. The minimum atomic E-state index is -0.259. The molecule has 0 saturated carbocycles. The van der Waals surface area contributed by atoms with Gasteiger partial charge in [-0.05, 0) is 36.9 Å². The standard InChI is InChI=1S/C20H23FN2O3/c1-22-11-12-23(13-17(22)15-7-9-16(21)10-8-15)20(24)14-26-19-6-4-3-5-18(19)25-2/h3-10,17H,11-14H2,1-2H3. The molecule has 1 aliphatic rings. The fourth-order valence-corrected chi connectivity index (χ4v) is 3.11. The number of methoxy groups -OCH3 is 1. The number of amides is 1. The molecule has 0 spiro atoms. The highest BCUT2D eigenvalue weighted by Crippen LogP contribution is 2.27. The zero-order valence-electron chi connectivity index (χ0n) is 15.0. The van der Waals surface area contributed by atoms with E-state index in [4.69, 9.17) is 9.47 Å². The molecule has 1 aliphatic heterocycles. The van der Waals surface area contributed by atoms with Gasteiger partial charge >= 0.3 is 0 Å². The van der Waals surface area contributed by atoms with Crippen LogP contribution in [0.15, 0.2) is 48.5 Å². The van der Waals surface area contributed by atoms with Crippen molar-refractivity contribution in [3.8, 4) is 11.5 Å². The van der Waals surface area contributed by atoms with Crippen molar-refractivity contribution in [3.05, 3.63) is 59.9 Å². The van der Waals surface area contributed by atoms with E-state index in [9.17, 15) is 9.18 Å². The van der Waals surface area contributed by atoms with Crippen LogP contribution < -0.4 is 9.47 Å². The first kappa shape index (κ1) is 18.2. The summed E-state index contributed by atoms with van der Waals surface area (Å²) in [5.74, 6) is 0.817. The highest BCUT2D eigenvalue weighted by atomic mass is 19.1. The van der Waals surface area contributed by atoms with Crippen LogP contribution >= 0.6 is 0 Å². The average Bonchev–Trinajstić information content (AvgIpc) is 2.67. The van der Waals surface area contributed by atoms with Crippen molar-refractivity contribution in [2.75, 3.05) is 40.4 Å². The molecule has 0 radical (unpaired) electrons. The third kappa shape index (κ3) is 4.14. The summed E-state index contributed by atoms with van der Waals surface area (Å²) in [5.41, 5.74) is 0.997. The zero-order valence-corrected chi connectivity index (χ0v) is 15.0. The Morgan fingerprint density at radius 1 is 1.12 bits per heavy atom. The number of carbonyl (C=O) groups excluding carboxylic acids is 1. The maximum Gasteiger partial charge on any atom is 0.260 e. The predicted molar refractivity (Wildman–Crippen MR) is 96.8 cm³/mol. The minimum absolute atomic E-state index is 0.0413. The summed E-state index contributed by atoms with van der Waals surface area (Å²) in [6.45, 7) is 1.90. The summed E-state index contributed by atoms with van der Waals surface area (Å²) >= 11 is 0. The fourth-order valence-electron chi connectivity index (χ4n) is 3.11. The molecule has 1 amide bonds. The van der Waals surface area contributed by atoms with Crippen LogP contribution in [0.2, 0.25) is 0 Å². The molecule has 1 saturated heterocycles. The Morgan fingerprint density at radius 3 is 2.50 bits per heavy atom. The summed E-state index contributed by atoms with van der Waals surface area (Å²) in [4.78, 5) is 16.6. The smallest absolute Gasteiger partial charge is 0.260 e. The first-order chi connectivity index (χ1) is 12.6. The molecule has 1 fully saturated rings. The van der Waals surface area contributed by atoms with E-state index in [1.807, 2.05) is 19.2 Å². The van der Waals surface area contributed by atoms with Crippen LogP contribution in [-0.4, -0.2) is 56.1 Å². The van der Waals surface area contributed by atoms with Gasteiger partial charge in [-0.2, -0.15) is 0 Å². The van der Waals surface area contributed by atoms with Gasteiger partial charge in [-0.15, -0.1) is 0 Å². The van der Waals surface area contributed by atoms with Gasteiger partial charge in [0.15, 0.2) is 18.1 Å². The van der Waals surface area contributed by atoms with Crippen LogP contribution in [0.25, 0.3) is 0 Å². The maximum absolute atomic E-state index is 13.2. The molecule has 0 aliphatic carbocycles. The number of carbonyl (C=O) groups is 1. The summed E-state index contributed by atoms with van der Waals surface area (Å²) in [5, 5.41) is 0. The fraction of sp³-hybridized carbons (Fsp3) is 0.350. The van der Waals surface area contributed by atoms with E-state index in [0.29, 0.717) is 24.6 Å². The van der Waals surface area contributed by atoms with Crippen molar-refractivity contribution in [2.45, 2.75) is 6.04 Å². The van der Waals surface area contributed by atoms with E-state index in [1.165, 1.54) is 12.1 Å². The molecule has 2 aromatic rings. The van der Waals surface area contributed by atoms with Crippen LogP contribution in [0.4, 0.5) is 4.39 Å². The molecule has 0 N–H and O–H groups in total. The van der Waals surface area contributed by atoms with Gasteiger partial charge in [0, 0.05) is 19.6 Å². The van der Waals surface area contributed by atoms with Crippen molar-refractivity contribution in [1.29, 1.82) is 0 Å². The van der Waals surface area contributed by atoms with Crippen molar-refractivity contribution in [1.82, 2.24) is 9.80 Å². The molecule has 2 aromatic carbocycles. The minimum Gasteiger partial charge on any atom is -0.493 e. The Hall–Kier alpha value is -2.60. The number of hydrogen-bond acceptors (Lipinski definition) is 4. The molecule has 6 heteroatoms. The highest BCUT2D eigenvalue weighted by molar-refractivity contribution is 5.78. The Bertz CT molecular complexity index is 751. The van der Waals surface area contributed by atoms with Crippen molar-refractivity contribution >= 4 is 5.91 Å². The molecule has 1 atom stereocenters. The second-order valence-corrected chi connectivity index (χ2v) is 6.33. The van der Waals surface area contributed by atoms with Crippen LogP contribution in [-0.2, 0) is 4.79 Å². The normalized spacial score (nSPS) is 17.8. The second kappa shape index (κ2) is 8.19. The number of para-hydroxylation sites is 2. The first-order valence-electron chi connectivity index (χ1n) is 8.58. The number of ether oxygens (including phenoxy) is 2. The quantitative estimate of drug-likeness (QED) is 0.824. The van der Waals surface area contributed by atoms with Gasteiger partial charge in [-0.3, -0.25) is 9.69 Å². The lowest BCUT2D eigenvalue weighted by atomic mass is 10.0. The Morgan fingerprint density at radius 2 is 1.81 bits per heavy atom. The van der Waals surface area contributed by atoms with Crippen molar-refractivity contribution < 1.29 is 18.7 Å². The molecule has 138 valence electrons. The van der Waals surface area contributed by atoms with Gasteiger partial charge in [0.25, 0.3) is 5.91 Å². The number of hydrogen-bond donors (Lipinski definition) is 0. The number of likely N-dealkylation sites (N-methyl/N-ethyl adjacent to an activating group) is 1. The molecule has 3 rings (SSSR count). The molecular formula is C20H23FN2O3. The van der Waals surface area contributed by atoms with Crippen LogP contribution in [0, 0.1) is 5.82 Å². The highest BCUT2D eigenvalue weighted by Gasteiger charge is 2.28. The van der Waals surface area contributed by atoms with Gasteiger partial charge in [-0.25, -0.2) is 4.39 Å². The van der Waals surface area contributed by atoms with Crippen LogP contribution in [0.3, 0.4) is 0 Å². The number of piperazine rings is 1. The number of halogens is 1. The topological polar surface area (TPSA) is 42.0 Å². The van der Waals surface area contributed by atoms with Crippen molar-refractivity contribution in [3.63, 3.8) is 0 Å². The van der Waals surface area contributed by atoms with Crippen LogP contribution in [0.5, 0.6) is 11.5 Å². The molecule has 0 aromatic heterocycles. The molecule has 1 unspecified atom stereocenters. The average molecular weight is 358 g/mol. The van der Waals surface area contributed by atoms with Gasteiger partial charge in [-0.1, -0.05) is 24.3 Å². The van der Waals surface area contributed by atoms with E-state index in [1.54, 1.807) is 36.3 Å². The Labute approximate surface area is 152 Å². The maximum atomic E-state index is 13.2. The third-order valence-corrected chi connectivity index (χ3v) is 4.68. The molecular weight excluding hydrogens is 335 g/mol. The monoisotopic (exact) mass is 358 g/mol. The van der Waals surface area contributed by atoms with E-state index >= 15 is 0 Å². The predicted octanol–water partition coefficient (Wildman–Crippen LogP) is 2.73. The summed E-state index contributed by atoms with van der Waals surface area (Å²) in [7, 11) is 3.58. The lowest BCUT2D eigenvalue weighted by Crippen LogP contribution is -2.50. The largest absolute Gasteiger partial charge is 0.493 e. The number of rotatable bonds is 5. The van der Waals surface area contributed by atoms with Crippen molar-refractivity contribution in [2.24, 2.45) is 0 Å². The first-order valence-corrected chi connectivity index (χ1v) is 8.58. The lowest BCUT2D eigenvalue weighted by Gasteiger charge is -2.39. The molecule has 0 bridgehead atoms. The number of nitrogens with zero attached hydrogens (tertiary/aromatic N) is 2. The Balaban J connectivity index is 1.63. The third-order valence-electron chi connectivity index (χ3n) is 4.68. The zero-order chi connectivity index (χ0) is 18.5. The van der Waals surface area contributed by atoms with E-state index in [-0.39, 0.29) is 24.4 Å². The van der Waals surface area contributed by atoms with Gasteiger partial charge in [0.1, 0.15) is 5.82 Å². The molecule has 5 nitrogen and oxygen atoms in total. The van der Waals surface area contributed by atoms with E-state index in [0.717, 1.165) is 12.1 Å². The molecule has 26 heavy (non-hydrogen) atoms.